The molecule has 0 atom stereocenters. The Kier molecular flexibility index (Phi) is 5.55. The lowest BCUT2D eigenvalue weighted by molar-refractivity contribution is 0.0321. The minimum atomic E-state index is 0.587. The number of imidazole rings is 1. The summed E-state index contributed by atoms with van der Waals surface area (Å²) in [6.07, 6.45) is 0. The molecule has 1 aliphatic rings. The van der Waals surface area contributed by atoms with Crippen molar-refractivity contribution in [3.63, 3.8) is 0 Å². The van der Waals surface area contributed by atoms with E-state index in [1.807, 2.05) is 49.4 Å². The van der Waals surface area contributed by atoms with E-state index in [0.717, 1.165) is 66.8 Å². The maximum atomic E-state index is 6.00. The summed E-state index contributed by atoms with van der Waals surface area (Å²) in [4.78, 5) is 10.4. The number of hydrogen-bond acceptors (Lipinski definition) is 5. The molecule has 1 fully saturated rings. The number of fused-ring (bicyclic) bond motifs is 1. The zero-order chi connectivity index (χ0) is 18.5. The molecular formula is C21H25N3O3. The van der Waals surface area contributed by atoms with Gasteiger partial charge in [0.25, 0.3) is 0 Å². The summed E-state index contributed by atoms with van der Waals surface area (Å²) >= 11 is 0. The minimum absolute atomic E-state index is 0.587. The first-order valence-electron chi connectivity index (χ1n) is 9.48. The number of aromatic amines is 1. The largest absolute Gasteiger partial charge is 0.490 e. The van der Waals surface area contributed by atoms with E-state index in [1.54, 1.807) is 0 Å². The molecule has 1 aliphatic heterocycles. The molecule has 0 amide bonds. The zero-order valence-electron chi connectivity index (χ0n) is 15.6. The van der Waals surface area contributed by atoms with Gasteiger partial charge in [0, 0.05) is 25.2 Å². The standard InChI is InChI=1S/C21H25N3O3/c1-2-26-20-15-16(21-22-17-5-3-4-6-18(17)23-21)7-8-19(20)27-14-11-24-9-12-25-13-10-24/h3-8,15H,2,9-14H2,1H3,(H,22,23). The summed E-state index contributed by atoms with van der Waals surface area (Å²) in [5.41, 5.74) is 2.96. The molecule has 27 heavy (non-hydrogen) atoms. The van der Waals surface area contributed by atoms with E-state index in [1.165, 1.54) is 0 Å². The quantitative estimate of drug-likeness (QED) is 0.694. The van der Waals surface area contributed by atoms with Crippen LogP contribution in [0.25, 0.3) is 22.4 Å². The van der Waals surface area contributed by atoms with Crippen molar-refractivity contribution < 1.29 is 14.2 Å². The van der Waals surface area contributed by atoms with Gasteiger partial charge < -0.3 is 19.2 Å². The van der Waals surface area contributed by atoms with Gasteiger partial charge in [0.15, 0.2) is 11.5 Å². The van der Waals surface area contributed by atoms with Gasteiger partial charge in [-0.05, 0) is 37.3 Å². The third kappa shape index (κ3) is 4.23. The Labute approximate surface area is 159 Å². The lowest BCUT2D eigenvalue weighted by Crippen LogP contribution is -2.38. The second-order valence-electron chi connectivity index (χ2n) is 6.50. The van der Waals surface area contributed by atoms with Gasteiger partial charge in [-0.2, -0.15) is 0 Å². The van der Waals surface area contributed by atoms with Crippen LogP contribution in [0.2, 0.25) is 0 Å². The highest BCUT2D eigenvalue weighted by atomic mass is 16.5. The number of para-hydroxylation sites is 2. The van der Waals surface area contributed by atoms with Crippen molar-refractivity contribution >= 4 is 11.0 Å². The monoisotopic (exact) mass is 367 g/mol. The Hall–Kier alpha value is -2.57. The van der Waals surface area contributed by atoms with E-state index < -0.39 is 0 Å². The van der Waals surface area contributed by atoms with Gasteiger partial charge in [0.1, 0.15) is 12.4 Å². The Morgan fingerprint density at radius 2 is 1.93 bits per heavy atom. The fraction of sp³-hybridized carbons (Fsp3) is 0.381. The predicted octanol–water partition coefficient (Wildman–Crippen LogP) is 3.34. The molecule has 0 spiro atoms. The number of morpholine rings is 1. The van der Waals surface area contributed by atoms with Crippen LogP contribution < -0.4 is 9.47 Å². The average Bonchev–Trinajstić information content (AvgIpc) is 3.14. The SMILES string of the molecule is CCOc1cc(-c2nc3ccccc3[nH]2)ccc1OCCN1CCOCC1. The Morgan fingerprint density at radius 3 is 2.74 bits per heavy atom. The van der Waals surface area contributed by atoms with Crippen LogP contribution >= 0.6 is 0 Å². The number of rotatable bonds is 7. The summed E-state index contributed by atoms with van der Waals surface area (Å²) in [5.74, 6) is 2.35. The van der Waals surface area contributed by atoms with Gasteiger partial charge in [-0.25, -0.2) is 4.98 Å². The Bertz CT molecular complexity index is 854. The van der Waals surface area contributed by atoms with Crippen molar-refractivity contribution in [2.45, 2.75) is 6.92 Å². The van der Waals surface area contributed by atoms with Gasteiger partial charge in [-0.3, -0.25) is 4.90 Å². The molecule has 0 saturated carbocycles. The molecule has 1 saturated heterocycles. The summed E-state index contributed by atoms with van der Waals surface area (Å²) in [5, 5.41) is 0. The zero-order valence-corrected chi connectivity index (χ0v) is 15.6. The number of benzene rings is 2. The molecule has 4 rings (SSSR count). The molecule has 0 unspecified atom stereocenters. The first-order valence-corrected chi connectivity index (χ1v) is 9.48. The maximum absolute atomic E-state index is 6.00. The van der Waals surface area contributed by atoms with Crippen molar-refractivity contribution in [3.8, 4) is 22.9 Å². The fourth-order valence-corrected chi connectivity index (χ4v) is 3.24. The Morgan fingerprint density at radius 1 is 1.07 bits per heavy atom. The lowest BCUT2D eigenvalue weighted by atomic mass is 10.2. The molecule has 0 aliphatic carbocycles. The maximum Gasteiger partial charge on any atom is 0.161 e. The fourth-order valence-electron chi connectivity index (χ4n) is 3.24. The first-order chi connectivity index (χ1) is 13.3. The van der Waals surface area contributed by atoms with Crippen molar-refractivity contribution in [2.75, 3.05) is 46.1 Å². The van der Waals surface area contributed by atoms with Crippen LogP contribution in [0.4, 0.5) is 0 Å². The highest BCUT2D eigenvalue weighted by Crippen LogP contribution is 2.32. The summed E-state index contributed by atoms with van der Waals surface area (Å²) in [6.45, 7) is 7.62. The van der Waals surface area contributed by atoms with Gasteiger partial charge in [-0.15, -0.1) is 0 Å². The summed E-state index contributed by atoms with van der Waals surface area (Å²) in [7, 11) is 0. The van der Waals surface area contributed by atoms with Gasteiger partial charge in [0.05, 0.1) is 30.9 Å². The van der Waals surface area contributed by atoms with Crippen LogP contribution in [0.5, 0.6) is 11.5 Å². The number of aromatic nitrogens is 2. The number of H-pyrrole nitrogens is 1. The highest BCUT2D eigenvalue weighted by Gasteiger charge is 2.13. The molecule has 0 bridgehead atoms. The number of nitrogens with zero attached hydrogens (tertiary/aromatic N) is 2. The highest BCUT2D eigenvalue weighted by molar-refractivity contribution is 5.79. The van der Waals surface area contributed by atoms with Crippen LogP contribution in [-0.4, -0.2) is 60.9 Å². The van der Waals surface area contributed by atoms with E-state index in [2.05, 4.69) is 14.9 Å². The lowest BCUT2D eigenvalue weighted by Gasteiger charge is -2.26. The van der Waals surface area contributed by atoms with Gasteiger partial charge >= 0.3 is 0 Å². The summed E-state index contributed by atoms with van der Waals surface area (Å²) in [6, 6.07) is 14.0. The third-order valence-electron chi connectivity index (χ3n) is 4.68. The third-order valence-corrected chi connectivity index (χ3v) is 4.68. The molecular weight excluding hydrogens is 342 g/mol. The molecule has 2 heterocycles. The van der Waals surface area contributed by atoms with Crippen molar-refractivity contribution in [2.24, 2.45) is 0 Å². The van der Waals surface area contributed by atoms with Crippen LogP contribution in [-0.2, 0) is 4.74 Å². The molecule has 142 valence electrons. The van der Waals surface area contributed by atoms with Crippen molar-refractivity contribution in [3.05, 3.63) is 42.5 Å². The van der Waals surface area contributed by atoms with Crippen LogP contribution in [0.15, 0.2) is 42.5 Å². The van der Waals surface area contributed by atoms with E-state index in [-0.39, 0.29) is 0 Å². The second-order valence-corrected chi connectivity index (χ2v) is 6.50. The van der Waals surface area contributed by atoms with E-state index >= 15 is 0 Å². The first kappa shape index (κ1) is 17.8. The van der Waals surface area contributed by atoms with Crippen LogP contribution in [0.1, 0.15) is 6.92 Å². The Balaban J connectivity index is 1.49. The minimum Gasteiger partial charge on any atom is -0.490 e. The van der Waals surface area contributed by atoms with Gasteiger partial charge in [0.2, 0.25) is 0 Å². The van der Waals surface area contributed by atoms with Crippen LogP contribution in [0, 0.1) is 0 Å². The van der Waals surface area contributed by atoms with E-state index in [4.69, 9.17) is 14.2 Å². The number of nitrogens with one attached hydrogen (secondary N) is 1. The van der Waals surface area contributed by atoms with Crippen molar-refractivity contribution in [1.29, 1.82) is 0 Å². The van der Waals surface area contributed by atoms with Crippen molar-refractivity contribution in [1.82, 2.24) is 14.9 Å². The topological polar surface area (TPSA) is 59.6 Å². The molecule has 1 N–H and O–H groups in total. The molecule has 3 aromatic rings. The molecule has 6 heteroatoms. The molecule has 0 radical (unpaired) electrons. The van der Waals surface area contributed by atoms with E-state index in [9.17, 15) is 0 Å². The van der Waals surface area contributed by atoms with Gasteiger partial charge in [-0.1, -0.05) is 12.1 Å². The predicted molar refractivity (Wildman–Crippen MR) is 105 cm³/mol. The summed E-state index contributed by atoms with van der Waals surface area (Å²) < 4.78 is 17.2. The number of hydrogen-bond donors (Lipinski definition) is 1. The normalized spacial score (nSPS) is 15.1. The molecule has 6 nitrogen and oxygen atoms in total. The van der Waals surface area contributed by atoms with Crippen LogP contribution in [0.3, 0.4) is 0 Å². The molecule has 2 aromatic carbocycles. The second kappa shape index (κ2) is 8.41. The number of ether oxygens (including phenoxy) is 3. The van der Waals surface area contributed by atoms with E-state index in [0.29, 0.717) is 13.2 Å². The average molecular weight is 367 g/mol. The smallest absolute Gasteiger partial charge is 0.161 e. The molecule has 1 aromatic heterocycles.